The Morgan fingerprint density at radius 3 is 2.80 bits per heavy atom. The minimum absolute atomic E-state index is 0.454. The molecule has 15 heavy (non-hydrogen) atoms. The van der Waals surface area contributed by atoms with Crippen LogP contribution in [0, 0.1) is 0 Å². The molecule has 0 aliphatic carbocycles. The van der Waals surface area contributed by atoms with Gasteiger partial charge in [-0.3, -0.25) is 4.79 Å². The minimum Gasteiger partial charge on any atom is -0.480 e. The van der Waals surface area contributed by atoms with Crippen molar-refractivity contribution in [2.45, 2.75) is 10.9 Å². The summed E-state index contributed by atoms with van der Waals surface area (Å²) in [4.78, 5) is 11.6. The first-order chi connectivity index (χ1) is 7.15. The topological polar surface area (TPSA) is 49.3 Å². The van der Waals surface area contributed by atoms with Gasteiger partial charge in [0.25, 0.3) is 0 Å². The second kappa shape index (κ2) is 6.00. The van der Waals surface area contributed by atoms with Crippen LogP contribution in [0.5, 0.6) is 0 Å². The van der Waals surface area contributed by atoms with Crippen molar-refractivity contribution in [3.8, 4) is 0 Å². The fraction of sp³-hybridized carbons (Fsp3) is 0.300. The predicted molar refractivity (Wildman–Crippen MR) is 62.7 cm³/mol. The number of hydrogen-bond donors (Lipinski definition) is 2. The van der Waals surface area contributed by atoms with Gasteiger partial charge in [0.05, 0.1) is 5.02 Å². The van der Waals surface area contributed by atoms with Gasteiger partial charge in [0.1, 0.15) is 6.04 Å². The van der Waals surface area contributed by atoms with Crippen LogP contribution in [-0.4, -0.2) is 29.9 Å². The SMILES string of the molecule is CNC(CSc1ccccc1Cl)C(=O)O. The van der Waals surface area contributed by atoms with Gasteiger partial charge in [0, 0.05) is 10.6 Å². The summed E-state index contributed by atoms with van der Waals surface area (Å²) in [7, 11) is 1.63. The molecule has 1 aromatic rings. The van der Waals surface area contributed by atoms with Gasteiger partial charge in [-0.05, 0) is 19.2 Å². The molecule has 0 bridgehead atoms. The molecule has 3 nitrogen and oxygen atoms in total. The van der Waals surface area contributed by atoms with E-state index >= 15 is 0 Å². The summed E-state index contributed by atoms with van der Waals surface area (Å²) in [5.74, 6) is -0.396. The van der Waals surface area contributed by atoms with Crippen LogP contribution >= 0.6 is 23.4 Å². The van der Waals surface area contributed by atoms with E-state index < -0.39 is 12.0 Å². The number of carbonyl (C=O) groups is 1. The van der Waals surface area contributed by atoms with Gasteiger partial charge < -0.3 is 10.4 Å². The molecule has 5 heteroatoms. The standard InChI is InChI=1S/C10H12ClNO2S/c1-12-8(10(13)14)6-15-9-5-3-2-4-7(9)11/h2-5,8,12H,6H2,1H3,(H,13,14). The maximum absolute atomic E-state index is 10.7. The third kappa shape index (κ3) is 3.74. The molecule has 0 radical (unpaired) electrons. The Balaban J connectivity index is 2.56. The van der Waals surface area contributed by atoms with Gasteiger partial charge in [-0.2, -0.15) is 0 Å². The third-order valence-electron chi connectivity index (χ3n) is 1.89. The maximum Gasteiger partial charge on any atom is 0.321 e. The first-order valence-corrected chi connectivity index (χ1v) is 5.79. The van der Waals surface area contributed by atoms with Crippen molar-refractivity contribution in [3.05, 3.63) is 29.3 Å². The Labute approximate surface area is 97.8 Å². The second-order valence-electron chi connectivity index (χ2n) is 2.92. The quantitative estimate of drug-likeness (QED) is 0.780. The lowest BCUT2D eigenvalue weighted by atomic mass is 10.3. The van der Waals surface area contributed by atoms with E-state index in [-0.39, 0.29) is 0 Å². The molecule has 0 amide bonds. The summed E-state index contributed by atoms with van der Waals surface area (Å²) < 4.78 is 0. The highest BCUT2D eigenvalue weighted by Gasteiger charge is 2.15. The van der Waals surface area contributed by atoms with E-state index in [1.54, 1.807) is 13.1 Å². The molecule has 1 atom stereocenters. The van der Waals surface area contributed by atoms with Crippen molar-refractivity contribution in [3.63, 3.8) is 0 Å². The number of rotatable bonds is 5. The Bertz CT molecular complexity index is 346. The van der Waals surface area contributed by atoms with Gasteiger partial charge in [0.15, 0.2) is 0 Å². The average molecular weight is 246 g/mol. The van der Waals surface area contributed by atoms with Gasteiger partial charge in [-0.15, -0.1) is 11.8 Å². The molecule has 0 spiro atoms. The van der Waals surface area contributed by atoms with Crippen LogP contribution in [0.25, 0.3) is 0 Å². The highest BCUT2D eigenvalue weighted by atomic mass is 35.5. The van der Waals surface area contributed by atoms with Crippen LogP contribution < -0.4 is 5.32 Å². The van der Waals surface area contributed by atoms with Gasteiger partial charge in [-0.25, -0.2) is 0 Å². The molecule has 0 heterocycles. The van der Waals surface area contributed by atoms with Crippen molar-refractivity contribution in [1.29, 1.82) is 0 Å². The molecule has 0 aliphatic heterocycles. The zero-order valence-corrected chi connectivity index (χ0v) is 9.81. The maximum atomic E-state index is 10.7. The molecular weight excluding hydrogens is 234 g/mol. The Morgan fingerprint density at radius 2 is 2.27 bits per heavy atom. The Morgan fingerprint density at radius 1 is 1.60 bits per heavy atom. The van der Waals surface area contributed by atoms with Gasteiger partial charge in [0.2, 0.25) is 0 Å². The molecule has 0 aliphatic rings. The van der Waals surface area contributed by atoms with E-state index in [4.69, 9.17) is 16.7 Å². The zero-order chi connectivity index (χ0) is 11.3. The molecule has 0 saturated heterocycles. The molecular formula is C10H12ClNO2S. The van der Waals surface area contributed by atoms with E-state index in [1.807, 2.05) is 18.2 Å². The molecule has 0 aromatic heterocycles. The van der Waals surface area contributed by atoms with Crippen molar-refractivity contribution in [2.24, 2.45) is 0 Å². The van der Waals surface area contributed by atoms with Crippen LogP contribution in [0.4, 0.5) is 0 Å². The first kappa shape index (κ1) is 12.4. The molecule has 0 fully saturated rings. The number of carboxylic acids is 1. The second-order valence-corrected chi connectivity index (χ2v) is 4.39. The predicted octanol–water partition coefficient (Wildman–Crippen LogP) is 2.10. The van der Waals surface area contributed by atoms with Crippen molar-refractivity contribution < 1.29 is 9.90 Å². The Hall–Kier alpha value is -0.710. The van der Waals surface area contributed by atoms with Gasteiger partial charge in [-0.1, -0.05) is 23.7 Å². The number of aliphatic carboxylic acids is 1. The molecule has 1 unspecified atom stereocenters. The van der Waals surface area contributed by atoms with Crippen LogP contribution in [-0.2, 0) is 4.79 Å². The highest BCUT2D eigenvalue weighted by molar-refractivity contribution is 7.99. The highest BCUT2D eigenvalue weighted by Crippen LogP contribution is 2.26. The molecule has 1 aromatic carbocycles. The smallest absolute Gasteiger partial charge is 0.321 e. The largest absolute Gasteiger partial charge is 0.480 e. The third-order valence-corrected chi connectivity index (χ3v) is 3.50. The Kier molecular flexibility index (Phi) is 4.94. The number of hydrogen-bond acceptors (Lipinski definition) is 3. The number of carboxylic acid groups (broad SMARTS) is 1. The number of nitrogens with one attached hydrogen (secondary N) is 1. The monoisotopic (exact) mass is 245 g/mol. The van der Waals surface area contributed by atoms with E-state index in [0.717, 1.165) is 4.90 Å². The lowest BCUT2D eigenvalue weighted by Gasteiger charge is -2.10. The summed E-state index contributed by atoms with van der Waals surface area (Å²) in [6.45, 7) is 0. The number of likely N-dealkylation sites (N-methyl/N-ethyl adjacent to an activating group) is 1. The summed E-state index contributed by atoms with van der Waals surface area (Å²) in [6, 6.07) is 6.84. The summed E-state index contributed by atoms with van der Waals surface area (Å²) in [5.41, 5.74) is 0. The van der Waals surface area contributed by atoms with E-state index in [0.29, 0.717) is 10.8 Å². The fourth-order valence-electron chi connectivity index (χ4n) is 1.01. The van der Waals surface area contributed by atoms with Crippen molar-refractivity contribution in [2.75, 3.05) is 12.8 Å². The summed E-state index contributed by atoms with van der Waals surface area (Å²) in [5, 5.41) is 12.2. The van der Waals surface area contributed by atoms with E-state index in [9.17, 15) is 4.79 Å². The lowest BCUT2D eigenvalue weighted by Crippen LogP contribution is -2.35. The number of thioether (sulfide) groups is 1. The van der Waals surface area contributed by atoms with Crippen LogP contribution in [0.3, 0.4) is 0 Å². The number of benzene rings is 1. The molecule has 1 rings (SSSR count). The van der Waals surface area contributed by atoms with Crippen LogP contribution in [0.2, 0.25) is 5.02 Å². The van der Waals surface area contributed by atoms with Crippen LogP contribution in [0.15, 0.2) is 29.2 Å². The zero-order valence-electron chi connectivity index (χ0n) is 8.24. The minimum atomic E-state index is -0.850. The fourth-order valence-corrected chi connectivity index (χ4v) is 2.35. The summed E-state index contributed by atoms with van der Waals surface area (Å²) >= 11 is 7.37. The van der Waals surface area contributed by atoms with Crippen molar-refractivity contribution in [1.82, 2.24) is 5.32 Å². The summed E-state index contributed by atoms with van der Waals surface area (Å²) in [6.07, 6.45) is 0. The van der Waals surface area contributed by atoms with Crippen molar-refractivity contribution >= 4 is 29.3 Å². The molecule has 82 valence electrons. The lowest BCUT2D eigenvalue weighted by molar-refractivity contribution is -0.138. The molecule has 2 N–H and O–H groups in total. The van der Waals surface area contributed by atoms with E-state index in [1.165, 1.54) is 11.8 Å². The van der Waals surface area contributed by atoms with Gasteiger partial charge >= 0.3 is 5.97 Å². The number of halogens is 1. The average Bonchev–Trinajstić information content (AvgIpc) is 2.21. The van der Waals surface area contributed by atoms with Crippen LogP contribution in [0.1, 0.15) is 0 Å². The normalized spacial score (nSPS) is 12.4. The first-order valence-electron chi connectivity index (χ1n) is 4.42. The molecule has 0 saturated carbocycles. The van der Waals surface area contributed by atoms with E-state index in [2.05, 4.69) is 5.32 Å².